The van der Waals surface area contributed by atoms with Gasteiger partial charge in [0.15, 0.2) is 0 Å². The summed E-state index contributed by atoms with van der Waals surface area (Å²) in [5.74, 6) is -3.28. The second kappa shape index (κ2) is 7.16. The molecule has 3 rings (SSSR count). The normalized spacial score (nSPS) is 17.6. The molecule has 0 N–H and O–H groups in total. The lowest BCUT2D eigenvalue weighted by molar-refractivity contribution is -0.120. The maximum atomic E-state index is 13.3. The molecule has 1 aliphatic rings. The molecule has 0 fully saturated rings. The van der Waals surface area contributed by atoms with Crippen molar-refractivity contribution in [2.24, 2.45) is 16.9 Å². The van der Waals surface area contributed by atoms with Crippen LogP contribution in [0.1, 0.15) is 18.4 Å². The van der Waals surface area contributed by atoms with E-state index in [9.17, 15) is 19.7 Å². The average molecular weight is 346 g/mol. The SMILES string of the molecule is CC1=NN(c2ccccc2)C(=O)[C@H]1[C@H](c1ccc(F)cc1)C(C#N)C#N. The molecule has 0 unspecified atom stereocenters. The molecule has 2 aromatic rings. The van der Waals surface area contributed by atoms with Crippen LogP contribution in [0.5, 0.6) is 0 Å². The van der Waals surface area contributed by atoms with E-state index in [4.69, 9.17) is 0 Å². The molecule has 0 aromatic heterocycles. The minimum atomic E-state index is -1.06. The number of carbonyl (C=O) groups is 1. The first kappa shape index (κ1) is 17.3. The fraction of sp³-hybridized carbons (Fsp3) is 0.200. The quantitative estimate of drug-likeness (QED) is 0.848. The first-order valence-corrected chi connectivity index (χ1v) is 8.05. The number of hydrogen-bond acceptors (Lipinski definition) is 4. The molecule has 0 saturated heterocycles. The summed E-state index contributed by atoms with van der Waals surface area (Å²) in [4.78, 5) is 13.1. The molecule has 5 nitrogen and oxygen atoms in total. The number of rotatable bonds is 4. The largest absolute Gasteiger partial charge is 0.272 e. The molecular weight excluding hydrogens is 331 g/mol. The molecule has 2 aromatic carbocycles. The van der Waals surface area contributed by atoms with Crippen LogP contribution in [0.15, 0.2) is 59.7 Å². The van der Waals surface area contributed by atoms with Gasteiger partial charge in [-0.15, -0.1) is 0 Å². The number of anilines is 1. The van der Waals surface area contributed by atoms with Gasteiger partial charge in [-0.2, -0.15) is 15.6 Å². The number of para-hydroxylation sites is 1. The summed E-state index contributed by atoms with van der Waals surface area (Å²) in [6.45, 7) is 1.70. The molecule has 0 radical (unpaired) electrons. The molecule has 2 atom stereocenters. The Balaban J connectivity index is 2.04. The van der Waals surface area contributed by atoms with E-state index >= 15 is 0 Å². The zero-order valence-corrected chi connectivity index (χ0v) is 14.0. The average Bonchev–Trinajstić information content (AvgIpc) is 2.96. The lowest BCUT2D eigenvalue weighted by Gasteiger charge is -2.24. The third-order valence-corrected chi connectivity index (χ3v) is 4.43. The van der Waals surface area contributed by atoms with E-state index < -0.39 is 23.6 Å². The van der Waals surface area contributed by atoms with Crippen LogP contribution in [-0.4, -0.2) is 11.6 Å². The van der Waals surface area contributed by atoms with Crippen LogP contribution in [0.25, 0.3) is 0 Å². The van der Waals surface area contributed by atoms with Crippen LogP contribution in [-0.2, 0) is 4.79 Å². The van der Waals surface area contributed by atoms with Crippen molar-refractivity contribution < 1.29 is 9.18 Å². The summed E-state index contributed by atoms with van der Waals surface area (Å²) in [7, 11) is 0. The Hall–Kier alpha value is -3.51. The monoisotopic (exact) mass is 346 g/mol. The Bertz CT molecular complexity index is 911. The third kappa shape index (κ3) is 3.05. The third-order valence-electron chi connectivity index (χ3n) is 4.43. The van der Waals surface area contributed by atoms with E-state index in [1.165, 1.54) is 29.3 Å². The molecule has 1 aliphatic heterocycles. The number of carbonyl (C=O) groups excluding carboxylic acids is 1. The Morgan fingerprint density at radius 3 is 2.27 bits per heavy atom. The molecule has 0 aliphatic carbocycles. The van der Waals surface area contributed by atoms with Gasteiger partial charge in [0.25, 0.3) is 5.91 Å². The molecule has 0 saturated carbocycles. The van der Waals surface area contributed by atoms with Crippen molar-refractivity contribution in [1.82, 2.24) is 0 Å². The van der Waals surface area contributed by atoms with E-state index in [0.29, 0.717) is 17.0 Å². The van der Waals surface area contributed by atoms with Crippen LogP contribution >= 0.6 is 0 Å². The summed E-state index contributed by atoms with van der Waals surface area (Å²) in [6.07, 6.45) is 0. The number of hydrogen-bond donors (Lipinski definition) is 0. The Labute approximate surface area is 150 Å². The first-order chi connectivity index (χ1) is 12.6. The smallest absolute Gasteiger partial charge is 0.256 e. The van der Waals surface area contributed by atoms with Crippen molar-refractivity contribution in [3.8, 4) is 12.1 Å². The summed E-state index contributed by atoms with van der Waals surface area (Å²) >= 11 is 0. The van der Waals surface area contributed by atoms with Crippen molar-refractivity contribution in [3.63, 3.8) is 0 Å². The van der Waals surface area contributed by atoms with Gasteiger partial charge in [-0.25, -0.2) is 9.40 Å². The van der Waals surface area contributed by atoms with Crippen molar-refractivity contribution in [1.29, 1.82) is 10.5 Å². The van der Waals surface area contributed by atoms with Gasteiger partial charge < -0.3 is 0 Å². The summed E-state index contributed by atoms with van der Waals surface area (Å²) in [5, 5.41) is 24.5. The second-order valence-corrected chi connectivity index (χ2v) is 6.02. The van der Waals surface area contributed by atoms with E-state index in [2.05, 4.69) is 5.10 Å². The molecule has 6 heteroatoms. The fourth-order valence-electron chi connectivity index (χ4n) is 3.20. The van der Waals surface area contributed by atoms with Gasteiger partial charge in [0.1, 0.15) is 11.7 Å². The Morgan fingerprint density at radius 1 is 1.08 bits per heavy atom. The van der Waals surface area contributed by atoms with E-state index in [-0.39, 0.29) is 5.91 Å². The topological polar surface area (TPSA) is 80.2 Å². The summed E-state index contributed by atoms with van der Waals surface area (Å²) in [5.41, 5.74) is 1.69. The van der Waals surface area contributed by atoms with Gasteiger partial charge >= 0.3 is 0 Å². The van der Waals surface area contributed by atoms with E-state index in [1.54, 1.807) is 31.2 Å². The number of halogens is 1. The Morgan fingerprint density at radius 2 is 1.69 bits per heavy atom. The van der Waals surface area contributed by atoms with E-state index in [0.717, 1.165) is 0 Å². The van der Waals surface area contributed by atoms with Crippen LogP contribution in [0.3, 0.4) is 0 Å². The van der Waals surface area contributed by atoms with Gasteiger partial charge in [0.05, 0.1) is 23.7 Å². The molecule has 0 bridgehead atoms. The second-order valence-electron chi connectivity index (χ2n) is 6.02. The van der Waals surface area contributed by atoms with Crippen molar-refractivity contribution >= 4 is 17.3 Å². The van der Waals surface area contributed by atoms with Gasteiger partial charge in [-0.3, -0.25) is 4.79 Å². The number of amides is 1. The highest BCUT2D eigenvalue weighted by Crippen LogP contribution is 2.38. The fourth-order valence-corrected chi connectivity index (χ4v) is 3.20. The van der Waals surface area contributed by atoms with Crippen LogP contribution in [0, 0.1) is 40.3 Å². The minimum absolute atomic E-state index is 0.307. The van der Waals surface area contributed by atoms with Gasteiger partial charge in [-0.1, -0.05) is 30.3 Å². The maximum Gasteiger partial charge on any atom is 0.256 e. The van der Waals surface area contributed by atoms with Gasteiger partial charge in [0, 0.05) is 11.6 Å². The van der Waals surface area contributed by atoms with Crippen molar-refractivity contribution in [3.05, 3.63) is 66.0 Å². The predicted octanol–water partition coefficient (Wildman–Crippen LogP) is 3.61. The number of hydrazone groups is 1. The highest BCUT2D eigenvalue weighted by atomic mass is 19.1. The lowest BCUT2D eigenvalue weighted by Crippen LogP contribution is -2.34. The highest BCUT2D eigenvalue weighted by Gasteiger charge is 2.44. The summed E-state index contributed by atoms with van der Waals surface area (Å²) in [6, 6.07) is 18.4. The van der Waals surface area contributed by atoms with Crippen molar-refractivity contribution in [2.45, 2.75) is 12.8 Å². The zero-order valence-electron chi connectivity index (χ0n) is 14.0. The number of nitriles is 2. The number of benzene rings is 2. The summed E-state index contributed by atoms with van der Waals surface area (Å²) < 4.78 is 13.3. The van der Waals surface area contributed by atoms with Crippen LogP contribution in [0.4, 0.5) is 10.1 Å². The predicted molar refractivity (Wildman–Crippen MR) is 94.4 cm³/mol. The molecule has 0 spiro atoms. The molecule has 26 heavy (non-hydrogen) atoms. The molecular formula is C20H15FN4O. The zero-order chi connectivity index (χ0) is 18.7. The molecule has 1 heterocycles. The van der Waals surface area contributed by atoms with Crippen molar-refractivity contribution in [2.75, 3.05) is 5.01 Å². The molecule has 128 valence electrons. The lowest BCUT2D eigenvalue weighted by atomic mass is 9.76. The first-order valence-electron chi connectivity index (χ1n) is 8.05. The minimum Gasteiger partial charge on any atom is -0.272 e. The van der Waals surface area contributed by atoms with E-state index in [1.807, 2.05) is 18.2 Å². The number of nitrogens with zero attached hydrogens (tertiary/aromatic N) is 4. The standard InChI is InChI=1S/C20H15FN4O/c1-13-18(20(26)25(24-13)17-5-3-2-4-6-17)19(15(11-22)12-23)14-7-9-16(21)10-8-14/h2-10,15,18-19H,1H3/t18-,19-/m1/s1. The van der Waals surface area contributed by atoms with Gasteiger partial charge in [0.2, 0.25) is 0 Å². The molecule has 1 amide bonds. The maximum absolute atomic E-state index is 13.3. The van der Waals surface area contributed by atoms with Crippen LogP contribution in [0.2, 0.25) is 0 Å². The highest BCUT2D eigenvalue weighted by molar-refractivity contribution is 6.15. The van der Waals surface area contributed by atoms with Gasteiger partial charge in [-0.05, 0) is 36.8 Å². The van der Waals surface area contributed by atoms with Crippen LogP contribution < -0.4 is 5.01 Å². The Kier molecular flexibility index (Phi) is 4.77.